The summed E-state index contributed by atoms with van der Waals surface area (Å²) in [6.07, 6.45) is 0. The molecule has 0 unspecified atom stereocenters. The van der Waals surface area contributed by atoms with Crippen molar-refractivity contribution in [1.82, 2.24) is 20.2 Å². The van der Waals surface area contributed by atoms with E-state index < -0.39 is 0 Å². The molecule has 7 heteroatoms. The number of para-hydroxylation sites is 3. The van der Waals surface area contributed by atoms with Gasteiger partial charge in [-0.15, -0.1) is 0 Å². The molecule has 7 nitrogen and oxygen atoms in total. The SMILES string of the molecule is Cc1cc(C(=O)NCCN(C)C)nc(Nc2ccccc2Oc2ccccc2)n1. The summed E-state index contributed by atoms with van der Waals surface area (Å²) >= 11 is 0. The van der Waals surface area contributed by atoms with Crippen LogP contribution in [0.15, 0.2) is 60.7 Å². The van der Waals surface area contributed by atoms with Crippen molar-refractivity contribution >= 4 is 17.5 Å². The van der Waals surface area contributed by atoms with Gasteiger partial charge in [-0.05, 0) is 51.4 Å². The lowest BCUT2D eigenvalue weighted by Crippen LogP contribution is -2.32. The first-order chi connectivity index (χ1) is 14.0. The summed E-state index contributed by atoms with van der Waals surface area (Å²) in [6, 6.07) is 18.7. The second-order valence-electron chi connectivity index (χ2n) is 6.81. The van der Waals surface area contributed by atoms with Gasteiger partial charge in [0.2, 0.25) is 5.95 Å². The highest BCUT2D eigenvalue weighted by Crippen LogP contribution is 2.30. The molecule has 1 aromatic heterocycles. The third kappa shape index (κ3) is 6.02. The molecule has 2 aromatic carbocycles. The fraction of sp³-hybridized carbons (Fsp3) is 0.227. The van der Waals surface area contributed by atoms with Crippen molar-refractivity contribution in [3.63, 3.8) is 0 Å². The minimum atomic E-state index is -0.228. The molecule has 150 valence electrons. The molecular weight excluding hydrogens is 366 g/mol. The standard InChI is InChI=1S/C22H25N5O2/c1-16-15-19(21(28)23-13-14-27(2)3)26-22(24-16)25-18-11-7-8-12-20(18)29-17-9-5-4-6-10-17/h4-12,15H,13-14H2,1-3H3,(H,23,28)(H,24,25,26). The van der Waals surface area contributed by atoms with Crippen LogP contribution in [0.5, 0.6) is 11.5 Å². The minimum Gasteiger partial charge on any atom is -0.455 e. The number of nitrogens with zero attached hydrogens (tertiary/aromatic N) is 3. The summed E-state index contributed by atoms with van der Waals surface area (Å²) in [5.41, 5.74) is 1.72. The molecule has 0 bridgehead atoms. The molecule has 0 radical (unpaired) electrons. The van der Waals surface area contributed by atoms with Crippen molar-refractivity contribution in [2.75, 3.05) is 32.5 Å². The Kier molecular flexibility index (Phi) is 6.76. The van der Waals surface area contributed by atoms with Crippen LogP contribution in [0.25, 0.3) is 0 Å². The number of amides is 1. The predicted octanol–water partition coefficient (Wildman–Crippen LogP) is 3.61. The zero-order chi connectivity index (χ0) is 20.6. The number of carbonyl (C=O) groups excluding carboxylic acids is 1. The second-order valence-corrected chi connectivity index (χ2v) is 6.81. The van der Waals surface area contributed by atoms with Crippen molar-refractivity contribution in [3.8, 4) is 11.5 Å². The first-order valence-electron chi connectivity index (χ1n) is 9.39. The normalized spacial score (nSPS) is 10.6. The van der Waals surface area contributed by atoms with Gasteiger partial charge in [0.15, 0.2) is 5.75 Å². The number of hydrogen-bond acceptors (Lipinski definition) is 6. The van der Waals surface area contributed by atoms with Crippen molar-refractivity contribution in [2.24, 2.45) is 0 Å². The third-order valence-corrected chi connectivity index (χ3v) is 4.04. The molecule has 0 aliphatic carbocycles. The Morgan fingerprint density at radius 2 is 1.76 bits per heavy atom. The summed E-state index contributed by atoms with van der Waals surface area (Å²) < 4.78 is 5.96. The molecule has 2 N–H and O–H groups in total. The van der Waals surface area contributed by atoms with E-state index in [-0.39, 0.29) is 5.91 Å². The van der Waals surface area contributed by atoms with Gasteiger partial charge in [-0.1, -0.05) is 30.3 Å². The Morgan fingerprint density at radius 1 is 1.03 bits per heavy atom. The van der Waals surface area contributed by atoms with Gasteiger partial charge in [-0.25, -0.2) is 9.97 Å². The molecular formula is C22H25N5O2. The molecule has 29 heavy (non-hydrogen) atoms. The Hall–Kier alpha value is -3.45. The Labute approximate surface area is 170 Å². The fourth-order valence-corrected chi connectivity index (χ4v) is 2.62. The van der Waals surface area contributed by atoms with Gasteiger partial charge < -0.3 is 20.3 Å². The Morgan fingerprint density at radius 3 is 2.52 bits per heavy atom. The highest BCUT2D eigenvalue weighted by molar-refractivity contribution is 5.92. The van der Waals surface area contributed by atoms with E-state index in [0.29, 0.717) is 35.3 Å². The van der Waals surface area contributed by atoms with E-state index in [2.05, 4.69) is 20.6 Å². The van der Waals surface area contributed by atoms with E-state index in [4.69, 9.17) is 4.74 Å². The van der Waals surface area contributed by atoms with Crippen LogP contribution in [-0.2, 0) is 0 Å². The number of carbonyl (C=O) groups is 1. The van der Waals surface area contributed by atoms with Crippen molar-refractivity contribution in [1.29, 1.82) is 0 Å². The minimum absolute atomic E-state index is 0.228. The lowest BCUT2D eigenvalue weighted by molar-refractivity contribution is 0.0946. The molecule has 1 amide bonds. The van der Waals surface area contributed by atoms with Crippen LogP contribution >= 0.6 is 0 Å². The molecule has 0 aliphatic heterocycles. The summed E-state index contributed by atoms with van der Waals surface area (Å²) in [6.45, 7) is 3.13. The average Bonchev–Trinajstić information content (AvgIpc) is 2.69. The lowest BCUT2D eigenvalue weighted by atomic mass is 10.3. The first-order valence-corrected chi connectivity index (χ1v) is 9.39. The summed E-state index contributed by atoms with van der Waals surface area (Å²) in [7, 11) is 3.91. The van der Waals surface area contributed by atoms with E-state index in [9.17, 15) is 4.79 Å². The van der Waals surface area contributed by atoms with Gasteiger partial charge in [0.05, 0.1) is 5.69 Å². The summed E-state index contributed by atoms with van der Waals surface area (Å²) in [5, 5.41) is 6.04. The van der Waals surface area contributed by atoms with Crippen LogP contribution in [0.1, 0.15) is 16.2 Å². The van der Waals surface area contributed by atoms with Crippen molar-refractivity contribution in [3.05, 3.63) is 72.1 Å². The number of aromatic nitrogens is 2. The quantitative estimate of drug-likeness (QED) is 0.611. The number of nitrogens with one attached hydrogen (secondary N) is 2. The summed E-state index contributed by atoms with van der Waals surface area (Å²) in [5.74, 6) is 1.48. The zero-order valence-electron chi connectivity index (χ0n) is 16.8. The van der Waals surface area contributed by atoms with Gasteiger partial charge >= 0.3 is 0 Å². The average molecular weight is 391 g/mol. The maximum atomic E-state index is 12.4. The van der Waals surface area contributed by atoms with E-state index in [1.165, 1.54) is 0 Å². The molecule has 3 aromatic rings. The van der Waals surface area contributed by atoms with Crippen LogP contribution < -0.4 is 15.4 Å². The van der Waals surface area contributed by atoms with Crippen LogP contribution in [-0.4, -0.2) is 48.0 Å². The van der Waals surface area contributed by atoms with E-state index in [1.807, 2.05) is 80.5 Å². The number of aryl methyl sites for hydroxylation is 1. The Bertz CT molecular complexity index is 960. The third-order valence-electron chi connectivity index (χ3n) is 4.04. The fourth-order valence-electron chi connectivity index (χ4n) is 2.62. The smallest absolute Gasteiger partial charge is 0.270 e. The monoisotopic (exact) mass is 391 g/mol. The number of anilines is 2. The molecule has 0 aliphatic rings. The van der Waals surface area contributed by atoms with E-state index in [1.54, 1.807) is 6.07 Å². The molecule has 3 rings (SSSR count). The predicted molar refractivity (Wildman–Crippen MR) is 114 cm³/mol. The molecule has 0 saturated heterocycles. The Balaban J connectivity index is 1.77. The molecule has 1 heterocycles. The van der Waals surface area contributed by atoms with Crippen LogP contribution in [0.3, 0.4) is 0 Å². The van der Waals surface area contributed by atoms with Gasteiger partial charge in [-0.3, -0.25) is 4.79 Å². The maximum Gasteiger partial charge on any atom is 0.270 e. The van der Waals surface area contributed by atoms with Crippen LogP contribution in [0.2, 0.25) is 0 Å². The van der Waals surface area contributed by atoms with Gasteiger partial charge in [0.1, 0.15) is 11.4 Å². The number of benzene rings is 2. The van der Waals surface area contributed by atoms with Crippen molar-refractivity contribution < 1.29 is 9.53 Å². The largest absolute Gasteiger partial charge is 0.455 e. The first kappa shape index (κ1) is 20.3. The van der Waals surface area contributed by atoms with Crippen LogP contribution in [0.4, 0.5) is 11.6 Å². The molecule has 0 atom stereocenters. The van der Waals surface area contributed by atoms with Gasteiger partial charge in [0, 0.05) is 18.8 Å². The number of rotatable bonds is 8. The molecule has 0 fully saturated rings. The second kappa shape index (κ2) is 9.66. The van der Waals surface area contributed by atoms with Gasteiger partial charge in [0.25, 0.3) is 5.91 Å². The van der Waals surface area contributed by atoms with Crippen molar-refractivity contribution in [2.45, 2.75) is 6.92 Å². The van der Waals surface area contributed by atoms with E-state index >= 15 is 0 Å². The highest BCUT2D eigenvalue weighted by Gasteiger charge is 2.12. The number of hydrogen-bond donors (Lipinski definition) is 2. The number of likely N-dealkylation sites (N-methyl/N-ethyl adjacent to an activating group) is 1. The maximum absolute atomic E-state index is 12.4. The zero-order valence-corrected chi connectivity index (χ0v) is 16.8. The highest BCUT2D eigenvalue weighted by atomic mass is 16.5. The topological polar surface area (TPSA) is 79.4 Å². The van der Waals surface area contributed by atoms with E-state index in [0.717, 1.165) is 12.3 Å². The lowest BCUT2D eigenvalue weighted by Gasteiger charge is -2.13. The van der Waals surface area contributed by atoms with Gasteiger partial charge in [-0.2, -0.15) is 0 Å². The van der Waals surface area contributed by atoms with Crippen LogP contribution in [0, 0.1) is 6.92 Å². The molecule has 0 spiro atoms. The number of ether oxygens (including phenoxy) is 1. The summed E-state index contributed by atoms with van der Waals surface area (Å²) in [4.78, 5) is 23.2. The molecule has 0 saturated carbocycles.